The van der Waals surface area contributed by atoms with Crippen molar-refractivity contribution in [3.8, 4) is 5.75 Å². The van der Waals surface area contributed by atoms with Crippen LogP contribution in [0.15, 0.2) is 77.7 Å². The van der Waals surface area contributed by atoms with Crippen molar-refractivity contribution in [2.24, 2.45) is 5.73 Å². The lowest BCUT2D eigenvalue weighted by molar-refractivity contribution is -0.154. The van der Waals surface area contributed by atoms with Crippen LogP contribution in [0.1, 0.15) is 45.7 Å². The van der Waals surface area contributed by atoms with Gasteiger partial charge in [-0.05, 0) is 69.2 Å². The summed E-state index contributed by atoms with van der Waals surface area (Å²) >= 11 is 1.32. The molecule has 0 bridgehead atoms. The van der Waals surface area contributed by atoms with Gasteiger partial charge in [-0.15, -0.1) is 11.8 Å². The van der Waals surface area contributed by atoms with Gasteiger partial charge in [0.05, 0.1) is 16.8 Å². The van der Waals surface area contributed by atoms with Crippen LogP contribution in [0.4, 0.5) is 0 Å². The molecule has 0 aliphatic carbocycles. The Morgan fingerprint density at radius 1 is 1.02 bits per heavy atom. The molecule has 4 rings (SSSR count). The van der Waals surface area contributed by atoms with Gasteiger partial charge in [0, 0.05) is 27.7 Å². The number of amides is 3. The fourth-order valence-corrected chi connectivity index (χ4v) is 6.58. The molecule has 0 aromatic heterocycles. The van der Waals surface area contributed by atoms with E-state index < -0.39 is 56.5 Å². The van der Waals surface area contributed by atoms with Gasteiger partial charge < -0.3 is 31.3 Å². The largest absolute Gasteiger partial charge is 0.508 e. The number of aromatic hydroxyl groups is 1. The Hall–Kier alpha value is -4.40. The Morgan fingerprint density at radius 2 is 1.63 bits per heavy atom. The van der Waals surface area contributed by atoms with E-state index >= 15 is 0 Å². The predicted octanol–water partition coefficient (Wildman–Crippen LogP) is 2.36. The lowest BCUT2D eigenvalue weighted by Gasteiger charge is -2.31. The zero-order valence-electron chi connectivity index (χ0n) is 25.7. The number of nitrogens with zero attached hydrogens (tertiary/aromatic N) is 1. The SMILES string of the molecule is CS(=O)(=O)c1ccc(C(N)=O)cc1.Cc1c(O)cccc1C(=O)NC(Cc1ccccc1)C(O)C(=O)N1CSC(C)(C)C1C(=O)O. The molecule has 1 fully saturated rings. The zero-order chi connectivity index (χ0) is 34.4. The maximum absolute atomic E-state index is 13.2. The van der Waals surface area contributed by atoms with Gasteiger partial charge in [-0.3, -0.25) is 14.4 Å². The van der Waals surface area contributed by atoms with Crippen molar-refractivity contribution < 1.29 is 42.9 Å². The maximum atomic E-state index is 13.2. The van der Waals surface area contributed by atoms with E-state index in [1.54, 1.807) is 20.8 Å². The standard InChI is InChI=1S/C24H28N2O6S.C8H9NO3S/c1-14-16(10-7-11-18(14)27)21(29)25-17(12-15-8-5-4-6-9-15)19(28)22(30)26-13-33-24(2,3)20(26)23(31)32;1-13(11,12)7-4-2-6(3-5-7)8(9)10/h4-11,17,19-20,27-28H,12-13H2,1-3H3,(H,25,29)(H,31,32);2-5H,1H3,(H2,9,10). The third kappa shape index (κ3) is 8.86. The first-order valence-electron chi connectivity index (χ1n) is 14.0. The number of carbonyl (C=O) groups is 4. The lowest BCUT2D eigenvalue weighted by atomic mass is 9.97. The Bertz CT molecular complexity index is 1700. The number of phenolic OH excluding ortho intramolecular Hbond substituents is 1. The van der Waals surface area contributed by atoms with E-state index in [4.69, 9.17) is 5.73 Å². The predicted molar refractivity (Wildman–Crippen MR) is 173 cm³/mol. The molecule has 3 amide bonds. The number of nitrogens with two attached hydrogens (primary N) is 1. The van der Waals surface area contributed by atoms with Crippen molar-refractivity contribution in [1.82, 2.24) is 10.2 Å². The molecule has 12 nitrogen and oxygen atoms in total. The van der Waals surface area contributed by atoms with Crippen LogP contribution in [0.25, 0.3) is 0 Å². The number of sulfone groups is 1. The summed E-state index contributed by atoms with van der Waals surface area (Å²) in [5.41, 5.74) is 6.66. The number of aliphatic carboxylic acids is 1. The maximum Gasteiger partial charge on any atom is 0.327 e. The molecule has 0 radical (unpaired) electrons. The molecule has 46 heavy (non-hydrogen) atoms. The Labute approximate surface area is 271 Å². The quantitative estimate of drug-likeness (QED) is 0.225. The van der Waals surface area contributed by atoms with Gasteiger partial charge in [0.2, 0.25) is 5.91 Å². The van der Waals surface area contributed by atoms with Crippen molar-refractivity contribution in [3.05, 3.63) is 95.1 Å². The lowest BCUT2D eigenvalue weighted by Crippen LogP contribution is -2.57. The average molecular weight is 672 g/mol. The summed E-state index contributed by atoms with van der Waals surface area (Å²) in [6.07, 6.45) is -0.408. The number of nitrogens with one attached hydrogen (secondary N) is 1. The number of carbonyl (C=O) groups excluding carboxylic acids is 3. The van der Waals surface area contributed by atoms with E-state index in [0.29, 0.717) is 11.1 Å². The van der Waals surface area contributed by atoms with Crippen LogP contribution in [-0.2, 0) is 25.8 Å². The highest BCUT2D eigenvalue weighted by Crippen LogP contribution is 2.39. The van der Waals surface area contributed by atoms with Crippen LogP contribution in [0, 0.1) is 6.92 Å². The molecular weight excluding hydrogens is 634 g/mol. The first kappa shape index (κ1) is 36.1. The summed E-state index contributed by atoms with van der Waals surface area (Å²) in [5, 5.41) is 33.4. The number of hydrogen-bond donors (Lipinski definition) is 5. The van der Waals surface area contributed by atoms with Crippen LogP contribution < -0.4 is 11.1 Å². The molecule has 0 spiro atoms. The molecule has 246 valence electrons. The average Bonchev–Trinajstić information content (AvgIpc) is 3.32. The van der Waals surface area contributed by atoms with E-state index in [1.165, 1.54) is 54.2 Å². The number of phenols is 1. The number of benzene rings is 3. The van der Waals surface area contributed by atoms with E-state index in [9.17, 15) is 42.9 Å². The molecule has 1 aliphatic rings. The molecular formula is C32H37N3O9S2. The molecule has 1 aliphatic heterocycles. The van der Waals surface area contributed by atoms with Gasteiger partial charge >= 0.3 is 5.97 Å². The molecule has 6 N–H and O–H groups in total. The van der Waals surface area contributed by atoms with Crippen molar-refractivity contribution in [2.75, 3.05) is 12.1 Å². The van der Waals surface area contributed by atoms with Crippen molar-refractivity contribution in [1.29, 1.82) is 0 Å². The second-order valence-electron chi connectivity index (χ2n) is 11.3. The highest BCUT2D eigenvalue weighted by molar-refractivity contribution is 8.00. The first-order valence-corrected chi connectivity index (χ1v) is 16.9. The monoisotopic (exact) mass is 671 g/mol. The summed E-state index contributed by atoms with van der Waals surface area (Å²) in [6, 6.07) is 17.0. The van der Waals surface area contributed by atoms with Gasteiger partial charge in [0.25, 0.3) is 11.8 Å². The molecule has 3 atom stereocenters. The minimum Gasteiger partial charge on any atom is -0.508 e. The van der Waals surface area contributed by atoms with Crippen LogP contribution >= 0.6 is 11.8 Å². The number of carboxylic acids is 1. The summed E-state index contributed by atoms with van der Waals surface area (Å²) in [6.45, 7) is 5.08. The number of primary amides is 1. The summed E-state index contributed by atoms with van der Waals surface area (Å²) in [5.74, 6) is -2.95. The number of aliphatic hydroxyl groups is 1. The van der Waals surface area contributed by atoms with Crippen LogP contribution in [0.3, 0.4) is 0 Å². The molecule has 3 unspecified atom stereocenters. The van der Waals surface area contributed by atoms with Crippen molar-refractivity contribution >= 4 is 45.3 Å². The summed E-state index contributed by atoms with van der Waals surface area (Å²) in [7, 11) is -3.20. The number of aliphatic hydroxyl groups excluding tert-OH is 1. The van der Waals surface area contributed by atoms with E-state index in [-0.39, 0.29) is 28.5 Å². The third-order valence-electron chi connectivity index (χ3n) is 7.43. The molecule has 1 heterocycles. The van der Waals surface area contributed by atoms with Crippen molar-refractivity contribution in [2.45, 2.75) is 55.0 Å². The number of thioether (sulfide) groups is 1. The van der Waals surface area contributed by atoms with E-state index in [2.05, 4.69) is 5.32 Å². The number of hydrogen-bond acceptors (Lipinski definition) is 9. The fourth-order valence-electron chi connectivity index (χ4n) is 4.82. The molecule has 3 aromatic carbocycles. The molecule has 1 saturated heterocycles. The Kier molecular flexibility index (Phi) is 11.6. The Morgan fingerprint density at radius 3 is 2.17 bits per heavy atom. The molecule has 14 heteroatoms. The van der Waals surface area contributed by atoms with Gasteiger partial charge in [-0.1, -0.05) is 36.4 Å². The fraction of sp³-hybridized carbons (Fsp3) is 0.312. The normalized spacial score (nSPS) is 16.8. The van der Waals surface area contributed by atoms with Gasteiger partial charge in [-0.2, -0.15) is 0 Å². The summed E-state index contributed by atoms with van der Waals surface area (Å²) < 4.78 is 21.3. The minimum absolute atomic E-state index is 0.0421. The molecule has 3 aromatic rings. The van der Waals surface area contributed by atoms with E-state index in [1.807, 2.05) is 30.3 Å². The van der Waals surface area contributed by atoms with Crippen LogP contribution in [0.5, 0.6) is 5.75 Å². The van der Waals surface area contributed by atoms with Gasteiger partial charge in [0.1, 0.15) is 11.8 Å². The third-order valence-corrected chi connectivity index (χ3v) is 9.93. The van der Waals surface area contributed by atoms with E-state index in [0.717, 1.165) is 16.7 Å². The minimum atomic E-state index is -3.20. The Balaban J connectivity index is 0.000000370. The number of carboxylic acid groups (broad SMARTS) is 1. The smallest absolute Gasteiger partial charge is 0.327 e. The van der Waals surface area contributed by atoms with Gasteiger partial charge in [-0.25, -0.2) is 13.2 Å². The zero-order valence-corrected chi connectivity index (χ0v) is 27.3. The second kappa shape index (κ2) is 14.8. The molecule has 0 saturated carbocycles. The first-order chi connectivity index (χ1) is 21.4. The topological polar surface area (TPSA) is 204 Å². The highest BCUT2D eigenvalue weighted by Gasteiger charge is 2.50. The number of rotatable bonds is 9. The summed E-state index contributed by atoms with van der Waals surface area (Å²) in [4.78, 5) is 50.0. The van der Waals surface area contributed by atoms with Gasteiger partial charge in [0.15, 0.2) is 15.9 Å². The second-order valence-corrected chi connectivity index (χ2v) is 14.9. The van der Waals surface area contributed by atoms with Crippen LogP contribution in [-0.4, -0.2) is 87.4 Å². The van der Waals surface area contributed by atoms with Crippen LogP contribution in [0.2, 0.25) is 0 Å². The van der Waals surface area contributed by atoms with Crippen molar-refractivity contribution in [3.63, 3.8) is 0 Å². The highest BCUT2D eigenvalue weighted by atomic mass is 32.2.